The number of anilines is 1. The Kier molecular flexibility index (Phi) is 4.50. The molecule has 0 unspecified atom stereocenters. The van der Waals surface area contributed by atoms with Crippen LogP contribution in [-0.4, -0.2) is 15.8 Å². The van der Waals surface area contributed by atoms with Crippen molar-refractivity contribution in [3.8, 4) is 11.5 Å². The van der Waals surface area contributed by atoms with Gasteiger partial charge in [0.1, 0.15) is 11.1 Å². The van der Waals surface area contributed by atoms with Crippen LogP contribution < -0.4 is 5.32 Å². The van der Waals surface area contributed by atoms with Gasteiger partial charge >= 0.3 is 0 Å². The van der Waals surface area contributed by atoms with Crippen molar-refractivity contribution in [3.05, 3.63) is 87.4 Å². The number of nitro benzene ring substituents is 1. The van der Waals surface area contributed by atoms with E-state index in [-0.39, 0.29) is 16.3 Å². The van der Waals surface area contributed by atoms with E-state index in [1.807, 2.05) is 18.2 Å². The molecule has 0 atom stereocenters. The summed E-state index contributed by atoms with van der Waals surface area (Å²) < 4.78 is 5.77. The summed E-state index contributed by atoms with van der Waals surface area (Å²) in [6, 6.07) is 18.0. The first-order valence-electron chi connectivity index (χ1n) is 8.23. The van der Waals surface area contributed by atoms with Crippen LogP contribution in [0.15, 0.2) is 71.1 Å². The molecule has 0 spiro atoms. The van der Waals surface area contributed by atoms with Gasteiger partial charge in [-0.1, -0.05) is 35.9 Å². The average molecular weight is 394 g/mol. The van der Waals surface area contributed by atoms with E-state index < -0.39 is 10.8 Å². The number of aromatic nitrogens is 1. The second-order valence-corrected chi connectivity index (χ2v) is 6.34. The van der Waals surface area contributed by atoms with Crippen LogP contribution in [0.25, 0.3) is 22.6 Å². The first-order chi connectivity index (χ1) is 13.5. The number of benzene rings is 3. The summed E-state index contributed by atoms with van der Waals surface area (Å²) >= 11 is 5.91. The van der Waals surface area contributed by atoms with E-state index in [4.69, 9.17) is 16.0 Å². The van der Waals surface area contributed by atoms with Crippen LogP contribution in [0.2, 0.25) is 5.02 Å². The molecule has 0 saturated heterocycles. The predicted octanol–water partition coefficient (Wildman–Crippen LogP) is 5.31. The second-order valence-electron chi connectivity index (χ2n) is 5.91. The van der Waals surface area contributed by atoms with Crippen LogP contribution in [0.4, 0.5) is 11.4 Å². The fourth-order valence-electron chi connectivity index (χ4n) is 2.81. The van der Waals surface area contributed by atoms with Crippen molar-refractivity contribution in [1.29, 1.82) is 0 Å². The van der Waals surface area contributed by atoms with Crippen LogP contribution in [0.3, 0.4) is 0 Å². The van der Waals surface area contributed by atoms with Crippen molar-refractivity contribution in [2.24, 2.45) is 0 Å². The van der Waals surface area contributed by atoms with Crippen molar-refractivity contribution < 1.29 is 14.1 Å². The number of carbonyl (C=O) groups is 1. The van der Waals surface area contributed by atoms with Crippen molar-refractivity contribution in [3.63, 3.8) is 0 Å². The number of rotatable bonds is 4. The first-order valence-corrected chi connectivity index (χ1v) is 8.61. The lowest BCUT2D eigenvalue weighted by molar-refractivity contribution is -0.385. The summed E-state index contributed by atoms with van der Waals surface area (Å²) in [5.74, 6) is -0.324. The third-order valence-corrected chi connectivity index (χ3v) is 4.33. The SMILES string of the molecule is O=C(Nc1ccccc1-c1nc2ccccc2o1)c1cc(Cl)ccc1[N+](=O)[O-]. The molecule has 4 rings (SSSR count). The molecule has 1 N–H and O–H groups in total. The van der Waals surface area contributed by atoms with Crippen LogP contribution in [0, 0.1) is 10.1 Å². The highest BCUT2D eigenvalue weighted by molar-refractivity contribution is 6.31. The number of hydrogen-bond donors (Lipinski definition) is 1. The monoisotopic (exact) mass is 393 g/mol. The highest BCUT2D eigenvalue weighted by Gasteiger charge is 2.22. The zero-order valence-corrected chi connectivity index (χ0v) is 15.0. The maximum absolute atomic E-state index is 12.7. The zero-order valence-electron chi connectivity index (χ0n) is 14.3. The molecule has 0 aliphatic heterocycles. The lowest BCUT2D eigenvalue weighted by atomic mass is 10.1. The first kappa shape index (κ1) is 17.7. The van der Waals surface area contributed by atoms with Crippen molar-refractivity contribution in [1.82, 2.24) is 4.98 Å². The Labute approximate surface area is 163 Å². The molecule has 0 aliphatic rings. The Bertz CT molecular complexity index is 1190. The maximum Gasteiger partial charge on any atom is 0.282 e. The van der Waals surface area contributed by atoms with Crippen molar-refractivity contribution in [2.75, 3.05) is 5.32 Å². The van der Waals surface area contributed by atoms with E-state index in [1.54, 1.807) is 30.3 Å². The smallest absolute Gasteiger partial charge is 0.282 e. The van der Waals surface area contributed by atoms with E-state index in [0.29, 0.717) is 28.2 Å². The molecule has 3 aromatic carbocycles. The van der Waals surface area contributed by atoms with Gasteiger partial charge in [0, 0.05) is 11.1 Å². The molecule has 0 aliphatic carbocycles. The van der Waals surface area contributed by atoms with Gasteiger partial charge in [-0.15, -0.1) is 0 Å². The summed E-state index contributed by atoms with van der Waals surface area (Å²) in [6.45, 7) is 0. The number of oxazole rings is 1. The molecule has 0 bridgehead atoms. The molecular formula is C20H12ClN3O4. The van der Waals surface area contributed by atoms with Gasteiger partial charge in [0.25, 0.3) is 11.6 Å². The number of nitrogens with zero attached hydrogens (tertiary/aromatic N) is 2. The molecule has 0 fully saturated rings. The summed E-state index contributed by atoms with van der Waals surface area (Å²) in [4.78, 5) is 27.8. The average Bonchev–Trinajstić information content (AvgIpc) is 3.12. The van der Waals surface area contributed by atoms with Crippen molar-refractivity contribution in [2.45, 2.75) is 0 Å². The third kappa shape index (κ3) is 3.30. The highest BCUT2D eigenvalue weighted by Crippen LogP contribution is 2.31. The van der Waals surface area contributed by atoms with Crippen LogP contribution in [0.1, 0.15) is 10.4 Å². The van der Waals surface area contributed by atoms with Crippen LogP contribution >= 0.6 is 11.6 Å². The topological polar surface area (TPSA) is 98.3 Å². The molecule has 0 radical (unpaired) electrons. The van der Waals surface area contributed by atoms with Crippen LogP contribution in [-0.2, 0) is 0 Å². The van der Waals surface area contributed by atoms with Gasteiger partial charge in [-0.05, 0) is 36.4 Å². The maximum atomic E-state index is 12.7. The Hall–Kier alpha value is -3.71. The molecule has 1 amide bonds. The standard InChI is InChI=1S/C20H12ClN3O4/c21-12-9-10-17(24(26)27)14(11-12)19(25)22-15-6-2-1-5-13(15)20-23-16-7-3-4-8-18(16)28-20/h1-11H,(H,22,25). The molecule has 8 heteroatoms. The molecule has 1 heterocycles. The lowest BCUT2D eigenvalue weighted by Gasteiger charge is -2.09. The second kappa shape index (κ2) is 7.13. The normalized spacial score (nSPS) is 10.8. The van der Waals surface area contributed by atoms with Gasteiger partial charge in [-0.3, -0.25) is 14.9 Å². The molecule has 1 aromatic heterocycles. The molecule has 7 nitrogen and oxygen atoms in total. The van der Waals surface area contributed by atoms with Gasteiger partial charge in [0.15, 0.2) is 5.58 Å². The Morgan fingerprint density at radius 3 is 2.61 bits per heavy atom. The fourth-order valence-corrected chi connectivity index (χ4v) is 2.98. The third-order valence-electron chi connectivity index (χ3n) is 4.10. The summed E-state index contributed by atoms with van der Waals surface area (Å²) in [5.41, 5.74) is 1.80. The van der Waals surface area contributed by atoms with E-state index >= 15 is 0 Å². The van der Waals surface area contributed by atoms with E-state index in [2.05, 4.69) is 10.3 Å². The minimum absolute atomic E-state index is 0.134. The number of hydrogen-bond acceptors (Lipinski definition) is 5. The largest absolute Gasteiger partial charge is 0.436 e. The number of para-hydroxylation sites is 3. The number of nitrogens with one attached hydrogen (secondary N) is 1. The Balaban J connectivity index is 1.73. The summed E-state index contributed by atoms with van der Waals surface area (Å²) in [6.07, 6.45) is 0. The minimum Gasteiger partial charge on any atom is -0.436 e. The van der Waals surface area contributed by atoms with E-state index in [1.165, 1.54) is 18.2 Å². The Morgan fingerprint density at radius 2 is 1.82 bits per heavy atom. The highest BCUT2D eigenvalue weighted by atomic mass is 35.5. The summed E-state index contributed by atoms with van der Waals surface area (Å²) in [7, 11) is 0. The van der Waals surface area contributed by atoms with Gasteiger partial charge in [-0.25, -0.2) is 4.98 Å². The predicted molar refractivity (Wildman–Crippen MR) is 106 cm³/mol. The minimum atomic E-state index is -0.655. The number of fused-ring (bicyclic) bond motifs is 1. The fraction of sp³-hybridized carbons (Fsp3) is 0. The molecule has 138 valence electrons. The van der Waals surface area contributed by atoms with Crippen LogP contribution in [0.5, 0.6) is 0 Å². The van der Waals surface area contributed by atoms with Gasteiger partial charge < -0.3 is 9.73 Å². The van der Waals surface area contributed by atoms with Gasteiger partial charge in [-0.2, -0.15) is 0 Å². The number of nitro groups is 1. The number of amides is 1. The number of carbonyl (C=O) groups excluding carboxylic acids is 1. The molecule has 28 heavy (non-hydrogen) atoms. The molecular weight excluding hydrogens is 382 g/mol. The van der Waals surface area contributed by atoms with Gasteiger partial charge in [0.05, 0.1) is 16.2 Å². The van der Waals surface area contributed by atoms with E-state index in [0.717, 1.165) is 0 Å². The molecule has 4 aromatic rings. The quantitative estimate of drug-likeness (QED) is 0.374. The Morgan fingerprint density at radius 1 is 1.07 bits per heavy atom. The van der Waals surface area contributed by atoms with Crippen molar-refractivity contribution >= 4 is 40.0 Å². The van der Waals surface area contributed by atoms with Gasteiger partial charge in [0.2, 0.25) is 5.89 Å². The lowest BCUT2D eigenvalue weighted by Crippen LogP contribution is -2.14. The summed E-state index contributed by atoms with van der Waals surface area (Å²) in [5, 5.41) is 14.2. The molecule has 0 saturated carbocycles. The van der Waals surface area contributed by atoms with E-state index in [9.17, 15) is 14.9 Å². The zero-order chi connectivity index (χ0) is 19.7. The number of halogens is 1.